The van der Waals surface area contributed by atoms with Crippen LogP contribution in [0.15, 0.2) is 66.7 Å². The van der Waals surface area contributed by atoms with Crippen LogP contribution in [0.2, 0.25) is 0 Å². The van der Waals surface area contributed by atoms with Gasteiger partial charge in [-0.3, -0.25) is 19.8 Å². The van der Waals surface area contributed by atoms with Crippen LogP contribution in [0.25, 0.3) is 6.08 Å². The number of nitrogens with one attached hydrogen (secondary N) is 1. The van der Waals surface area contributed by atoms with E-state index < -0.39 is 41.3 Å². The van der Waals surface area contributed by atoms with Crippen molar-refractivity contribution in [1.29, 1.82) is 0 Å². The van der Waals surface area contributed by atoms with Crippen molar-refractivity contribution < 1.29 is 23.9 Å². The van der Waals surface area contributed by atoms with E-state index in [2.05, 4.69) is 5.43 Å². The first-order valence-corrected chi connectivity index (χ1v) is 13.4. The first-order valence-electron chi connectivity index (χ1n) is 13.4. The summed E-state index contributed by atoms with van der Waals surface area (Å²) < 4.78 is 5.70. The molecule has 1 heterocycles. The molecule has 2 atom stereocenters. The molecule has 1 unspecified atom stereocenters. The lowest BCUT2D eigenvalue weighted by Gasteiger charge is -2.30. The van der Waals surface area contributed by atoms with Gasteiger partial charge < -0.3 is 9.64 Å². The van der Waals surface area contributed by atoms with Crippen molar-refractivity contribution in [3.05, 3.63) is 77.9 Å². The molecule has 0 aliphatic carbocycles. The normalized spacial score (nSPS) is 15.6. The molecule has 1 aliphatic heterocycles. The Hall–Kier alpha value is -3.94. The van der Waals surface area contributed by atoms with E-state index in [1.54, 1.807) is 20.8 Å². The second kappa shape index (κ2) is 13.2. The highest BCUT2D eigenvalue weighted by atomic mass is 16.6. The van der Waals surface area contributed by atoms with E-state index in [0.717, 1.165) is 16.1 Å². The van der Waals surface area contributed by atoms with Crippen LogP contribution in [-0.2, 0) is 25.7 Å². The van der Waals surface area contributed by atoms with E-state index in [1.165, 1.54) is 4.90 Å². The summed E-state index contributed by atoms with van der Waals surface area (Å²) in [5, 5.41) is 0.768. The summed E-state index contributed by atoms with van der Waals surface area (Å²) in [6.07, 6.45) is 4.39. The predicted octanol–water partition coefficient (Wildman–Crippen LogP) is 5.21. The summed E-state index contributed by atoms with van der Waals surface area (Å²) in [6, 6.07) is 18.4. The summed E-state index contributed by atoms with van der Waals surface area (Å²) >= 11 is 0. The minimum atomic E-state index is -0.816. The Kier molecular flexibility index (Phi) is 10.0. The van der Waals surface area contributed by atoms with E-state index in [-0.39, 0.29) is 25.4 Å². The van der Waals surface area contributed by atoms with Gasteiger partial charge in [-0.2, -0.15) is 5.01 Å². The van der Waals surface area contributed by atoms with Crippen LogP contribution in [0.1, 0.15) is 58.6 Å². The van der Waals surface area contributed by atoms with Crippen molar-refractivity contribution in [3.63, 3.8) is 0 Å². The van der Waals surface area contributed by atoms with Gasteiger partial charge in [0.25, 0.3) is 5.91 Å². The van der Waals surface area contributed by atoms with Crippen LogP contribution in [-0.4, -0.2) is 45.9 Å². The molecule has 39 heavy (non-hydrogen) atoms. The highest BCUT2D eigenvalue weighted by Gasteiger charge is 2.41. The molecule has 8 nitrogen and oxygen atoms in total. The molecule has 1 aliphatic rings. The summed E-state index contributed by atoms with van der Waals surface area (Å²) in [4.78, 5) is 54.1. The summed E-state index contributed by atoms with van der Waals surface area (Å²) in [6.45, 7) is 9.36. The number of esters is 1. The predicted molar refractivity (Wildman–Crippen MR) is 150 cm³/mol. The highest BCUT2D eigenvalue weighted by molar-refractivity contribution is 6.03. The first-order chi connectivity index (χ1) is 18.4. The van der Waals surface area contributed by atoms with Gasteiger partial charge in [-0.05, 0) is 50.7 Å². The number of rotatable bonds is 11. The lowest BCUT2D eigenvalue weighted by Crippen LogP contribution is -2.51. The van der Waals surface area contributed by atoms with Crippen LogP contribution in [0.4, 0.5) is 4.79 Å². The van der Waals surface area contributed by atoms with Crippen molar-refractivity contribution in [3.8, 4) is 0 Å². The SMILES string of the molecule is CC(C)CC(C(=O)NN1C(=O)CN(Cc2ccccc2)C1=O)[C@@H](C/C=C\c1ccccc1)C(=O)OC(C)(C)C. The third kappa shape index (κ3) is 8.80. The van der Waals surface area contributed by atoms with E-state index in [1.807, 2.05) is 86.7 Å². The number of allylic oxidation sites excluding steroid dienone is 1. The van der Waals surface area contributed by atoms with E-state index in [0.29, 0.717) is 6.42 Å². The van der Waals surface area contributed by atoms with Gasteiger partial charge in [-0.25, -0.2) is 4.79 Å². The Morgan fingerprint density at radius 2 is 1.59 bits per heavy atom. The zero-order valence-corrected chi connectivity index (χ0v) is 23.4. The number of carbonyl (C=O) groups excluding carboxylic acids is 4. The summed E-state index contributed by atoms with van der Waals surface area (Å²) in [5.41, 5.74) is 3.63. The fourth-order valence-corrected chi connectivity index (χ4v) is 4.46. The number of carbonyl (C=O) groups is 4. The Morgan fingerprint density at radius 1 is 0.974 bits per heavy atom. The largest absolute Gasteiger partial charge is 0.460 e. The molecule has 2 aromatic rings. The van der Waals surface area contributed by atoms with Gasteiger partial charge in [0.05, 0.1) is 11.8 Å². The Labute approximate surface area is 231 Å². The van der Waals surface area contributed by atoms with Gasteiger partial charge in [0, 0.05) is 6.54 Å². The second-order valence-corrected chi connectivity index (χ2v) is 11.3. The van der Waals surface area contributed by atoms with Gasteiger partial charge in [-0.1, -0.05) is 86.7 Å². The molecule has 0 spiro atoms. The molecule has 0 aromatic heterocycles. The molecule has 1 fully saturated rings. The molecule has 2 aromatic carbocycles. The monoisotopic (exact) mass is 533 g/mol. The number of nitrogens with zero attached hydrogens (tertiary/aromatic N) is 2. The van der Waals surface area contributed by atoms with Gasteiger partial charge in [0.15, 0.2) is 0 Å². The quantitative estimate of drug-likeness (QED) is 0.316. The maximum atomic E-state index is 13.6. The highest BCUT2D eigenvalue weighted by Crippen LogP contribution is 2.28. The summed E-state index contributed by atoms with van der Waals surface area (Å²) in [7, 11) is 0. The van der Waals surface area contributed by atoms with Gasteiger partial charge in [0.2, 0.25) is 5.91 Å². The number of imide groups is 1. The number of ether oxygens (including phenoxy) is 1. The topological polar surface area (TPSA) is 96.0 Å². The van der Waals surface area contributed by atoms with Gasteiger partial charge in [0.1, 0.15) is 12.1 Å². The fraction of sp³-hybridized carbons (Fsp3) is 0.419. The third-order valence-electron chi connectivity index (χ3n) is 6.23. The Bertz CT molecular complexity index is 1170. The molecule has 8 heteroatoms. The van der Waals surface area contributed by atoms with Crippen LogP contribution < -0.4 is 5.43 Å². The van der Waals surface area contributed by atoms with Gasteiger partial charge in [-0.15, -0.1) is 0 Å². The molecule has 3 rings (SSSR count). The molecule has 4 amide bonds. The molecule has 0 saturated carbocycles. The lowest BCUT2D eigenvalue weighted by atomic mass is 9.82. The molecule has 208 valence electrons. The Morgan fingerprint density at radius 3 is 2.18 bits per heavy atom. The van der Waals surface area contributed by atoms with Crippen LogP contribution in [0, 0.1) is 17.8 Å². The minimum Gasteiger partial charge on any atom is -0.460 e. The van der Waals surface area contributed by atoms with Crippen molar-refractivity contribution in [1.82, 2.24) is 15.3 Å². The smallest absolute Gasteiger partial charge is 0.346 e. The second-order valence-electron chi connectivity index (χ2n) is 11.3. The van der Waals surface area contributed by atoms with Crippen LogP contribution in [0.3, 0.4) is 0 Å². The number of amides is 4. The zero-order valence-electron chi connectivity index (χ0n) is 23.4. The minimum absolute atomic E-state index is 0.0725. The lowest BCUT2D eigenvalue weighted by molar-refractivity contribution is -0.164. The van der Waals surface area contributed by atoms with Crippen LogP contribution >= 0.6 is 0 Å². The number of urea groups is 1. The third-order valence-corrected chi connectivity index (χ3v) is 6.23. The number of benzene rings is 2. The maximum Gasteiger partial charge on any atom is 0.346 e. The molecule has 1 saturated heterocycles. The molecule has 1 N–H and O–H groups in total. The summed E-state index contributed by atoms with van der Waals surface area (Å²) in [5.74, 6) is -3.13. The molecular weight excluding hydrogens is 494 g/mol. The van der Waals surface area contributed by atoms with Gasteiger partial charge >= 0.3 is 12.0 Å². The van der Waals surface area contributed by atoms with E-state index in [4.69, 9.17) is 4.74 Å². The number of hydrogen-bond acceptors (Lipinski definition) is 5. The molecule has 0 bridgehead atoms. The molecule has 0 radical (unpaired) electrons. The van der Waals surface area contributed by atoms with Crippen molar-refractivity contribution in [2.24, 2.45) is 17.8 Å². The van der Waals surface area contributed by atoms with Crippen molar-refractivity contribution in [2.75, 3.05) is 6.54 Å². The Balaban J connectivity index is 1.81. The first kappa shape index (κ1) is 29.6. The standard InChI is InChI=1S/C31H39N3O5/c1-22(2)19-26(25(29(37)39-31(3,4)5)18-12-17-23-13-8-6-9-14-23)28(36)32-34-27(35)21-33(30(34)38)20-24-15-10-7-11-16-24/h6-17,22,25-26H,18-21H2,1-5H3,(H,32,36)/b17-12-/t25-,26?/m1/s1. The van der Waals surface area contributed by atoms with Crippen molar-refractivity contribution in [2.45, 2.75) is 59.6 Å². The maximum absolute atomic E-state index is 13.6. The van der Waals surface area contributed by atoms with Crippen molar-refractivity contribution >= 4 is 29.9 Å². The average Bonchev–Trinajstić information content (AvgIpc) is 3.12. The van der Waals surface area contributed by atoms with Crippen LogP contribution in [0.5, 0.6) is 0 Å². The molecular formula is C31H39N3O5. The number of hydrogen-bond donors (Lipinski definition) is 1. The zero-order chi connectivity index (χ0) is 28.6. The fourth-order valence-electron chi connectivity index (χ4n) is 4.46. The average molecular weight is 534 g/mol. The van der Waals surface area contributed by atoms with E-state index in [9.17, 15) is 19.2 Å². The number of hydrazine groups is 1. The van der Waals surface area contributed by atoms with E-state index >= 15 is 0 Å².